The predicted octanol–water partition coefficient (Wildman–Crippen LogP) is 5.46. The van der Waals surface area contributed by atoms with Gasteiger partial charge in [0, 0.05) is 17.3 Å². The molecular weight excluding hydrogens is 467 g/mol. The van der Waals surface area contributed by atoms with Gasteiger partial charge in [-0.2, -0.15) is 0 Å². The number of hydrogen-bond donors (Lipinski definition) is 4. The molecule has 2 aromatic heterocycles. The zero-order chi connectivity index (χ0) is 25.8. The topological polar surface area (TPSA) is 119 Å². The number of anilines is 3. The van der Waals surface area contributed by atoms with Crippen LogP contribution in [0.4, 0.5) is 21.7 Å². The first kappa shape index (κ1) is 23.9. The molecule has 3 aromatic carbocycles. The first-order valence-electron chi connectivity index (χ1n) is 11.7. The van der Waals surface area contributed by atoms with Gasteiger partial charge in [-0.05, 0) is 41.5 Å². The summed E-state index contributed by atoms with van der Waals surface area (Å²) in [7, 11) is 0. The summed E-state index contributed by atoms with van der Waals surface area (Å²) in [4.78, 5) is 20.9. The van der Waals surface area contributed by atoms with Gasteiger partial charge in [0.1, 0.15) is 5.82 Å². The summed E-state index contributed by atoms with van der Waals surface area (Å²) in [6, 6.07) is 28.4. The number of nitrogens with two attached hydrogens (primary N) is 2. The van der Waals surface area contributed by atoms with Crippen LogP contribution in [-0.2, 0) is 0 Å². The minimum atomic E-state index is -0.802. The molecule has 184 valence electrons. The molecule has 0 aliphatic heterocycles. The molecular formula is C29H25FN6O. The lowest BCUT2D eigenvalue weighted by Gasteiger charge is -2.27. The molecule has 0 aliphatic rings. The summed E-state index contributed by atoms with van der Waals surface area (Å²) in [5.74, 6) is -1.46. The fourth-order valence-corrected chi connectivity index (χ4v) is 4.22. The number of carbonyl (C=O) groups is 1. The van der Waals surface area contributed by atoms with E-state index in [2.05, 4.69) is 20.6 Å². The summed E-state index contributed by atoms with van der Waals surface area (Å²) in [6.07, 6.45) is 1.71. The maximum Gasteiger partial charge on any atom is 0.252 e. The third kappa shape index (κ3) is 5.24. The van der Waals surface area contributed by atoms with Gasteiger partial charge in [0.15, 0.2) is 11.6 Å². The van der Waals surface area contributed by atoms with E-state index in [4.69, 9.17) is 11.5 Å². The first-order valence-corrected chi connectivity index (χ1v) is 11.7. The third-order valence-corrected chi connectivity index (χ3v) is 6.10. The van der Waals surface area contributed by atoms with Gasteiger partial charge in [-0.1, -0.05) is 66.7 Å². The summed E-state index contributed by atoms with van der Waals surface area (Å²) in [5.41, 5.74) is 15.3. The van der Waals surface area contributed by atoms with Gasteiger partial charge in [0.05, 0.1) is 23.2 Å². The van der Waals surface area contributed by atoms with Gasteiger partial charge in [0.2, 0.25) is 0 Å². The number of benzene rings is 3. The van der Waals surface area contributed by atoms with Crippen LogP contribution < -0.4 is 22.1 Å². The van der Waals surface area contributed by atoms with E-state index in [1.165, 1.54) is 0 Å². The number of halogens is 1. The molecule has 0 saturated carbocycles. The van der Waals surface area contributed by atoms with Crippen molar-refractivity contribution in [2.75, 3.05) is 10.6 Å². The van der Waals surface area contributed by atoms with Crippen LogP contribution in [-0.4, -0.2) is 15.9 Å². The summed E-state index contributed by atoms with van der Waals surface area (Å²) < 4.78 is 15.3. The van der Waals surface area contributed by atoms with E-state index >= 15 is 4.39 Å². The second kappa shape index (κ2) is 10.4. The molecule has 0 aliphatic carbocycles. The molecule has 5 aromatic rings. The highest BCUT2D eigenvalue weighted by atomic mass is 19.1. The van der Waals surface area contributed by atoms with Crippen molar-refractivity contribution in [3.05, 3.63) is 126 Å². The zero-order valence-corrected chi connectivity index (χ0v) is 19.8. The van der Waals surface area contributed by atoms with Gasteiger partial charge in [0.25, 0.3) is 5.91 Å². The Morgan fingerprint density at radius 1 is 0.838 bits per heavy atom. The minimum Gasteiger partial charge on any atom is -0.365 e. The third-order valence-electron chi connectivity index (χ3n) is 6.10. The Bertz CT molecular complexity index is 1540. The highest BCUT2D eigenvalue weighted by Gasteiger charge is 2.25. The lowest BCUT2D eigenvalue weighted by atomic mass is 9.94. The second-order valence-electron chi connectivity index (χ2n) is 8.58. The maximum absolute atomic E-state index is 15.3. The number of nitrogens with zero attached hydrogens (tertiary/aromatic N) is 2. The zero-order valence-electron chi connectivity index (χ0n) is 19.8. The van der Waals surface area contributed by atoms with Gasteiger partial charge in [-0.3, -0.25) is 9.78 Å². The quantitative estimate of drug-likeness (QED) is 0.228. The van der Waals surface area contributed by atoms with Crippen LogP contribution in [0.15, 0.2) is 103 Å². The highest BCUT2D eigenvalue weighted by Crippen LogP contribution is 2.32. The van der Waals surface area contributed by atoms with E-state index in [-0.39, 0.29) is 17.2 Å². The molecule has 0 saturated heterocycles. The number of nitrogens with one attached hydrogen (secondary N) is 2. The van der Waals surface area contributed by atoms with E-state index in [0.717, 1.165) is 28.1 Å². The normalized spacial score (nSPS) is 12.6. The van der Waals surface area contributed by atoms with Crippen LogP contribution in [0.2, 0.25) is 0 Å². The second-order valence-corrected chi connectivity index (χ2v) is 8.58. The Morgan fingerprint density at radius 2 is 1.54 bits per heavy atom. The number of amides is 1. The van der Waals surface area contributed by atoms with Crippen molar-refractivity contribution in [2.24, 2.45) is 11.5 Å². The van der Waals surface area contributed by atoms with Crippen molar-refractivity contribution < 1.29 is 9.18 Å². The van der Waals surface area contributed by atoms with Crippen molar-refractivity contribution in [2.45, 2.75) is 12.1 Å². The largest absolute Gasteiger partial charge is 0.365 e. The van der Waals surface area contributed by atoms with E-state index in [1.807, 2.05) is 84.9 Å². The van der Waals surface area contributed by atoms with Crippen LogP contribution in [0.1, 0.15) is 33.6 Å². The smallest absolute Gasteiger partial charge is 0.252 e. The molecule has 1 amide bonds. The highest BCUT2D eigenvalue weighted by molar-refractivity contribution is 5.99. The van der Waals surface area contributed by atoms with E-state index in [9.17, 15) is 4.79 Å². The predicted molar refractivity (Wildman–Crippen MR) is 144 cm³/mol. The van der Waals surface area contributed by atoms with Gasteiger partial charge in [-0.15, -0.1) is 0 Å². The first-order chi connectivity index (χ1) is 18.0. The monoisotopic (exact) mass is 492 g/mol. The summed E-state index contributed by atoms with van der Waals surface area (Å²) in [5, 5.41) is 7.18. The summed E-state index contributed by atoms with van der Waals surface area (Å²) >= 11 is 0. The molecule has 0 bridgehead atoms. The van der Waals surface area contributed by atoms with Crippen molar-refractivity contribution >= 4 is 34.1 Å². The van der Waals surface area contributed by atoms with Crippen molar-refractivity contribution in [1.29, 1.82) is 0 Å². The Hall–Kier alpha value is -4.82. The van der Waals surface area contributed by atoms with Crippen molar-refractivity contribution in [1.82, 2.24) is 9.97 Å². The lowest BCUT2D eigenvalue weighted by Crippen LogP contribution is -2.27. The number of primary amides is 1. The van der Waals surface area contributed by atoms with Crippen LogP contribution in [0.25, 0.3) is 10.9 Å². The van der Waals surface area contributed by atoms with Gasteiger partial charge >= 0.3 is 0 Å². The molecule has 0 spiro atoms. The van der Waals surface area contributed by atoms with Gasteiger partial charge in [-0.25, -0.2) is 9.37 Å². The number of carbonyl (C=O) groups excluding carboxylic acids is 1. The molecule has 8 heteroatoms. The molecule has 2 unspecified atom stereocenters. The van der Waals surface area contributed by atoms with Crippen LogP contribution in [0, 0.1) is 5.82 Å². The van der Waals surface area contributed by atoms with E-state index in [1.54, 1.807) is 12.3 Å². The van der Waals surface area contributed by atoms with Gasteiger partial charge < -0.3 is 22.1 Å². The molecule has 5 rings (SSSR count). The molecule has 37 heavy (non-hydrogen) atoms. The molecule has 6 N–H and O–H groups in total. The number of pyridine rings is 2. The molecule has 0 fully saturated rings. The minimum absolute atomic E-state index is 0.0600. The fraction of sp³-hybridized carbons (Fsp3) is 0.0690. The molecule has 2 heterocycles. The average Bonchev–Trinajstić information content (AvgIpc) is 2.93. The SMILES string of the molecule is NC(=O)c1cc(F)c(NC(c2ccccc2)C(N)c2ccccc2)nc1Nc1ccc2ncccc2c1. The molecule has 2 atom stereocenters. The van der Waals surface area contributed by atoms with Crippen LogP contribution >= 0.6 is 0 Å². The number of fused-ring (bicyclic) bond motifs is 1. The molecule has 0 radical (unpaired) electrons. The van der Waals surface area contributed by atoms with Crippen molar-refractivity contribution in [3.8, 4) is 0 Å². The Kier molecular flexibility index (Phi) is 6.74. The standard InChI is InChI=1S/C29H25FN6O/c30-23-17-22(27(32)37)28(34-21-13-14-24-20(16-21)12-7-15-33-24)36-29(23)35-26(19-10-5-2-6-11-19)25(31)18-8-3-1-4-9-18/h1-17,25-26H,31H2,(H2,32,37)(H2,34,35,36). The number of aromatic nitrogens is 2. The maximum atomic E-state index is 15.3. The van der Waals surface area contributed by atoms with Crippen molar-refractivity contribution in [3.63, 3.8) is 0 Å². The molecule has 7 nitrogen and oxygen atoms in total. The van der Waals surface area contributed by atoms with E-state index in [0.29, 0.717) is 5.69 Å². The number of hydrogen-bond acceptors (Lipinski definition) is 6. The van der Waals surface area contributed by atoms with E-state index < -0.39 is 23.8 Å². The lowest BCUT2D eigenvalue weighted by molar-refractivity contribution is 0.100. The number of rotatable bonds is 8. The Morgan fingerprint density at radius 3 is 2.24 bits per heavy atom. The van der Waals surface area contributed by atoms with Crippen LogP contribution in [0.5, 0.6) is 0 Å². The average molecular weight is 493 g/mol. The fourth-order valence-electron chi connectivity index (χ4n) is 4.22. The Balaban J connectivity index is 1.53. The Labute approximate surface area is 213 Å². The van der Waals surface area contributed by atoms with Crippen LogP contribution in [0.3, 0.4) is 0 Å². The summed E-state index contributed by atoms with van der Waals surface area (Å²) in [6.45, 7) is 0.